The van der Waals surface area contributed by atoms with E-state index in [1.54, 1.807) is 11.0 Å². The first kappa shape index (κ1) is 21.9. The van der Waals surface area contributed by atoms with Crippen molar-refractivity contribution in [3.63, 3.8) is 0 Å². The lowest BCUT2D eigenvalue weighted by atomic mass is 9.89. The first-order valence-corrected chi connectivity index (χ1v) is 9.11. The summed E-state index contributed by atoms with van der Waals surface area (Å²) < 4.78 is 16.6. The predicted molar refractivity (Wildman–Crippen MR) is 97.0 cm³/mol. The van der Waals surface area contributed by atoms with E-state index in [1.807, 2.05) is 55.4 Å². The molecule has 0 unspecified atom stereocenters. The molecule has 1 saturated heterocycles. The van der Waals surface area contributed by atoms with Gasteiger partial charge in [-0.3, -0.25) is 0 Å². The Bertz CT molecular complexity index is 453. The van der Waals surface area contributed by atoms with E-state index >= 15 is 0 Å². The number of carbonyl (C=O) groups is 1. The zero-order chi connectivity index (χ0) is 19.4. The molecule has 6 nitrogen and oxygen atoms in total. The Morgan fingerprint density at radius 3 is 2.20 bits per heavy atom. The van der Waals surface area contributed by atoms with Gasteiger partial charge in [0.2, 0.25) is 0 Å². The third-order valence-electron chi connectivity index (χ3n) is 4.57. The molecule has 1 aliphatic rings. The van der Waals surface area contributed by atoms with Crippen LogP contribution in [0.2, 0.25) is 0 Å². The van der Waals surface area contributed by atoms with Gasteiger partial charge in [-0.15, -0.1) is 0 Å². The first-order valence-electron chi connectivity index (χ1n) is 9.11. The predicted octanol–water partition coefficient (Wildman–Crippen LogP) is 3.54. The average Bonchev–Trinajstić information content (AvgIpc) is 2.84. The minimum Gasteiger partial charge on any atom is -0.418 e. The zero-order valence-corrected chi connectivity index (χ0v) is 16.9. The van der Waals surface area contributed by atoms with Crippen molar-refractivity contribution in [2.75, 3.05) is 6.61 Å². The van der Waals surface area contributed by atoms with Crippen LogP contribution in [0.1, 0.15) is 55.4 Å². The lowest BCUT2D eigenvalue weighted by molar-refractivity contribution is -0.149. The van der Waals surface area contributed by atoms with Crippen LogP contribution in [-0.4, -0.2) is 52.8 Å². The summed E-state index contributed by atoms with van der Waals surface area (Å²) in [6, 6.07) is 0.124. The monoisotopic (exact) mass is 357 g/mol. The van der Waals surface area contributed by atoms with Crippen molar-refractivity contribution in [3.05, 3.63) is 12.3 Å². The van der Waals surface area contributed by atoms with Gasteiger partial charge >= 0.3 is 6.09 Å². The van der Waals surface area contributed by atoms with Crippen LogP contribution in [0.15, 0.2) is 12.3 Å². The third-order valence-corrected chi connectivity index (χ3v) is 4.57. The molecule has 25 heavy (non-hydrogen) atoms. The lowest BCUT2D eigenvalue weighted by Gasteiger charge is -2.29. The molecular weight excluding hydrogens is 322 g/mol. The van der Waals surface area contributed by atoms with Crippen molar-refractivity contribution >= 4 is 6.09 Å². The molecule has 6 heteroatoms. The number of hydrogen-bond donors (Lipinski definition) is 1. The summed E-state index contributed by atoms with van der Waals surface area (Å²) in [4.78, 5) is 13.8. The maximum absolute atomic E-state index is 12.1. The van der Waals surface area contributed by atoms with E-state index < -0.39 is 11.9 Å². The number of rotatable bonds is 7. The van der Waals surface area contributed by atoms with Crippen molar-refractivity contribution < 1.29 is 24.1 Å². The fraction of sp³-hybridized carbons (Fsp3) is 0.842. The molecule has 0 bridgehead atoms. The van der Waals surface area contributed by atoms with Crippen LogP contribution in [0.5, 0.6) is 0 Å². The van der Waals surface area contributed by atoms with Crippen LogP contribution in [0.25, 0.3) is 0 Å². The van der Waals surface area contributed by atoms with Crippen molar-refractivity contribution in [2.45, 2.75) is 85.5 Å². The quantitative estimate of drug-likeness (QED) is 0.706. The summed E-state index contributed by atoms with van der Waals surface area (Å²) in [7, 11) is 0. The second kappa shape index (κ2) is 9.01. The molecule has 0 aromatic heterocycles. The minimum absolute atomic E-state index is 0.0619. The van der Waals surface area contributed by atoms with Crippen LogP contribution in [0, 0.1) is 11.8 Å². The molecule has 1 aliphatic heterocycles. The number of amides is 1. The van der Waals surface area contributed by atoms with E-state index in [0.29, 0.717) is 6.61 Å². The standard InChI is InChI=1S/C19H35NO5/c1-12(2)20(13(3)4)18(22)23-10-9-14(5)17(21)15(6)16-11-24-19(7,8)25-16/h9-10,12-17,21H,11H2,1-8H3/b10-9-/t14-,15+,16-,17-/m1/s1. The topological polar surface area (TPSA) is 68.2 Å². The first-order chi connectivity index (χ1) is 11.5. The highest BCUT2D eigenvalue weighted by Crippen LogP contribution is 2.30. The number of ether oxygens (including phenoxy) is 3. The molecule has 1 amide bonds. The average molecular weight is 357 g/mol. The van der Waals surface area contributed by atoms with Crippen LogP contribution in [0.3, 0.4) is 0 Å². The second-order valence-corrected chi connectivity index (χ2v) is 7.88. The normalized spacial score (nSPS) is 23.9. The van der Waals surface area contributed by atoms with Gasteiger partial charge in [-0.1, -0.05) is 13.8 Å². The third kappa shape index (κ3) is 6.28. The molecule has 0 saturated carbocycles. The largest absolute Gasteiger partial charge is 0.418 e. The Kier molecular flexibility index (Phi) is 7.90. The highest BCUT2D eigenvalue weighted by Gasteiger charge is 2.38. The van der Waals surface area contributed by atoms with Crippen molar-refractivity contribution in [2.24, 2.45) is 11.8 Å². The number of aliphatic hydroxyl groups is 1. The second-order valence-electron chi connectivity index (χ2n) is 7.88. The molecule has 4 atom stereocenters. The summed E-state index contributed by atoms with van der Waals surface area (Å²) in [5, 5.41) is 10.5. The Morgan fingerprint density at radius 1 is 1.20 bits per heavy atom. The molecule has 1 rings (SSSR count). The van der Waals surface area contributed by atoms with Crippen LogP contribution >= 0.6 is 0 Å². The molecule has 0 aromatic rings. The number of hydrogen-bond acceptors (Lipinski definition) is 5. The summed E-state index contributed by atoms with van der Waals surface area (Å²) in [5.41, 5.74) is 0. The Morgan fingerprint density at radius 2 is 1.76 bits per heavy atom. The Hall–Kier alpha value is -1.11. The highest BCUT2D eigenvalue weighted by atomic mass is 16.7. The molecule has 0 aromatic carbocycles. The summed E-state index contributed by atoms with van der Waals surface area (Å²) >= 11 is 0. The van der Waals surface area contributed by atoms with E-state index in [9.17, 15) is 9.90 Å². The number of aliphatic hydroxyl groups excluding tert-OH is 1. The molecule has 1 N–H and O–H groups in total. The Balaban J connectivity index is 2.55. The van der Waals surface area contributed by atoms with Crippen molar-refractivity contribution in [3.8, 4) is 0 Å². The van der Waals surface area contributed by atoms with E-state index in [2.05, 4.69) is 0 Å². The van der Waals surface area contributed by atoms with Crippen molar-refractivity contribution in [1.29, 1.82) is 0 Å². The van der Waals surface area contributed by atoms with Crippen LogP contribution in [0.4, 0.5) is 4.79 Å². The molecule has 146 valence electrons. The maximum Gasteiger partial charge on any atom is 0.415 e. The van der Waals surface area contributed by atoms with E-state index in [1.165, 1.54) is 6.26 Å². The number of nitrogens with zero attached hydrogens (tertiary/aromatic N) is 1. The summed E-state index contributed by atoms with van der Waals surface area (Å²) in [6.45, 7) is 15.8. The molecular formula is C19H35NO5. The molecule has 1 heterocycles. The van der Waals surface area contributed by atoms with Gasteiger partial charge in [-0.05, 0) is 47.6 Å². The van der Waals surface area contributed by atoms with E-state index in [-0.39, 0.29) is 36.1 Å². The van der Waals surface area contributed by atoms with E-state index in [0.717, 1.165) is 0 Å². The van der Waals surface area contributed by atoms with Crippen LogP contribution < -0.4 is 0 Å². The van der Waals surface area contributed by atoms with Gasteiger partial charge in [-0.2, -0.15) is 0 Å². The molecule has 0 aliphatic carbocycles. The SMILES string of the molecule is CC(C)N(C(=O)O/C=C\[C@@H](C)[C@@H](O)[C@@H](C)[C@H]1COC(C)(C)O1)C(C)C. The van der Waals surface area contributed by atoms with Gasteiger partial charge in [-0.25, -0.2) is 4.79 Å². The smallest absolute Gasteiger partial charge is 0.415 e. The van der Waals surface area contributed by atoms with Gasteiger partial charge in [0, 0.05) is 23.9 Å². The zero-order valence-electron chi connectivity index (χ0n) is 16.9. The van der Waals surface area contributed by atoms with E-state index in [4.69, 9.17) is 14.2 Å². The summed E-state index contributed by atoms with van der Waals surface area (Å²) in [5.74, 6) is -0.883. The van der Waals surface area contributed by atoms with Gasteiger partial charge in [0.15, 0.2) is 5.79 Å². The lowest BCUT2D eigenvalue weighted by Crippen LogP contribution is -2.41. The molecule has 1 fully saturated rings. The molecule has 0 radical (unpaired) electrons. The number of carbonyl (C=O) groups excluding carboxylic acids is 1. The fourth-order valence-corrected chi connectivity index (χ4v) is 3.09. The van der Waals surface area contributed by atoms with Gasteiger partial charge < -0.3 is 24.2 Å². The molecule has 0 spiro atoms. The van der Waals surface area contributed by atoms with Gasteiger partial charge in [0.05, 0.1) is 25.1 Å². The van der Waals surface area contributed by atoms with Gasteiger partial charge in [0.1, 0.15) is 0 Å². The van der Waals surface area contributed by atoms with Crippen molar-refractivity contribution in [1.82, 2.24) is 4.90 Å². The fourth-order valence-electron chi connectivity index (χ4n) is 3.09. The highest BCUT2D eigenvalue weighted by molar-refractivity contribution is 5.68. The minimum atomic E-state index is -0.622. The Labute approximate surface area is 152 Å². The van der Waals surface area contributed by atoms with Crippen LogP contribution in [-0.2, 0) is 14.2 Å². The summed E-state index contributed by atoms with van der Waals surface area (Å²) in [6.07, 6.45) is 1.92. The maximum atomic E-state index is 12.1. The van der Waals surface area contributed by atoms with Gasteiger partial charge in [0.25, 0.3) is 0 Å².